The minimum atomic E-state index is -3.59. The zero-order valence-electron chi connectivity index (χ0n) is 12.8. The van der Waals surface area contributed by atoms with Crippen molar-refractivity contribution in [2.75, 3.05) is 6.54 Å². The number of amides is 1. The lowest BCUT2D eigenvalue weighted by Gasteiger charge is -2.08. The van der Waals surface area contributed by atoms with Crippen LogP contribution in [0.4, 0.5) is 0 Å². The molecule has 2 aromatic carbocycles. The van der Waals surface area contributed by atoms with Gasteiger partial charge in [0.1, 0.15) is 0 Å². The van der Waals surface area contributed by atoms with Gasteiger partial charge in [-0.3, -0.25) is 4.79 Å². The maximum Gasteiger partial charge on any atom is 0.251 e. The van der Waals surface area contributed by atoms with Gasteiger partial charge in [-0.2, -0.15) is 0 Å². The summed E-state index contributed by atoms with van der Waals surface area (Å²) in [6.45, 7) is 3.93. The second-order valence-electron chi connectivity index (χ2n) is 4.98. The summed E-state index contributed by atoms with van der Waals surface area (Å²) in [6.07, 6.45) is 1.45. The first-order valence-corrected chi connectivity index (χ1v) is 9.02. The Balaban J connectivity index is 2.02. The van der Waals surface area contributed by atoms with Crippen LogP contribution >= 0.6 is 11.6 Å². The third-order valence-corrected chi connectivity index (χ3v) is 4.86. The maximum atomic E-state index is 12.1. The van der Waals surface area contributed by atoms with E-state index in [1.54, 1.807) is 18.2 Å². The second-order valence-corrected chi connectivity index (χ2v) is 7.18. The van der Waals surface area contributed by atoms with Crippen LogP contribution in [-0.4, -0.2) is 20.9 Å². The third-order valence-electron chi connectivity index (χ3n) is 3.19. The summed E-state index contributed by atoms with van der Waals surface area (Å²) in [6, 6.07) is 12.9. The van der Waals surface area contributed by atoms with Gasteiger partial charge < -0.3 is 5.32 Å². The Labute approximate surface area is 146 Å². The van der Waals surface area contributed by atoms with Crippen LogP contribution in [0.5, 0.6) is 0 Å². The van der Waals surface area contributed by atoms with Crippen LogP contribution in [0, 0.1) is 0 Å². The van der Waals surface area contributed by atoms with E-state index in [2.05, 4.69) is 16.6 Å². The number of halogens is 1. The fraction of sp³-hybridized carbons (Fsp3) is 0.118. The molecule has 0 bridgehead atoms. The van der Waals surface area contributed by atoms with Crippen LogP contribution < -0.4 is 10.0 Å². The lowest BCUT2D eigenvalue weighted by molar-refractivity contribution is 0.0951. The Bertz CT molecular complexity index is 833. The lowest BCUT2D eigenvalue weighted by atomic mass is 10.2. The number of carbonyl (C=O) groups is 1. The van der Waals surface area contributed by atoms with Gasteiger partial charge in [0.2, 0.25) is 10.0 Å². The fourth-order valence-electron chi connectivity index (χ4n) is 1.97. The van der Waals surface area contributed by atoms with E-state index < -0.39 is 10.0 Å². The molecule has 0 radical (unpaired) electrons. The zero-order chi connectivity index (χ0) is 17.6. The molecule has 0 aliphatic rings. The summed E-state index contributed by atoms with van der Waals surface area (Å²) < 4.78 is 26.3. The van der Waals surface area contributed by atoms with E-state index in [0.29, 0.717) is 17.1 Å². The van der Waals surface area contributed by atoms with Gasteiger partial charge in [-0.25, -0.2) is 13.1 Å². The second kappa shape index (κ2) is 8.10. The molecule has 0 fully saturated rings. The van der Waals surface area contributed by atoms with E-state index in [0.717, 1.165) is 5.56 Å². The molecule has 0 heterocycles. The van der Waals surface area contributed by atoms with E-state index in [-0.39, 0.29) is 17.3 Å². The van der Waals surface area contributed by atoms with Gasteiger partial charge in [0, 0.05) is 23.7 Å². The topological polar surface area (TPSA) is 75.3 Å². The normalized spacial score (nSPS) is 11.0. The molecule has 24 heavy (non-hydrogen) atoms. The fourth-order valence-corrected chi connectivity index (χ4v) is 3.18. The highest BCUT2D eigenvalue weighted by atomic mass is 35.5. The van der Waals surface area contributed by atoms with Crippen LogP contribution in [0.1, 0.15) is 15.9 Å². The van der Waals surface area contributed by atoms with Gasteiger partial charge in [0.25, 0.3) is 5.91 Å². The average Bonchev–Trinajstić information content (AvgIpc) is 2.58. The number of rotatable bonds is 7. The molecule has 2 N–H and O–H groups in total. The molecule has 7 heteroatoms. The van der Waals surface area contributed by atoms with Gasteiger partial charge in [-0.1, -0.05) is 29.8 Å². The molecule has 2 rings (SSSR count). The molecule has 0 aliphatic carbocycles. The minimum Gasteiger partial charge on any atom is -0.348 e. The van der Waals surface area contributed by atoms with E-state index >= 15 is 0 Å². The molecule has 0 saturated carbocycles. The van der Waals surface area contributed by atoms with Crippen LogP contribution in [0.3, 0.4) is 0 Å². The molecule has 0 atom stereocenters. The molecule has 0 spiro atoms. The van der Waals surface area contributed by atoms with Crippen LogP contribution in [0.2, 0.25) is 5.02 Å². The summed E-state index contributed by atoms with van der Waals surface area (Å²) in [7, 11) is -3.59. The molecule has 0 aromatic heterocycles. The number of sulfonamides is 1. The standard InChI is InChI=1S/C17H17ClN2O3S/c1-2-10-20-24(22,23)16-8-6-14(7-9-16)17(21)19-12-13-4-3-5-15(18)11-13/h2-9,11,20H,1,10,12H2,(H,19,21). The number of benzene rings is 2. The first kappa shape index (κ1) is 18.2. The van der Waals surface area contributed by atoms with Crippen molar-refractivity contribution in [3.8, 4) is 0 Å². The summed E-state index contributed by atoms with van der Waals surface area (Å²) in [5.74, 6) is -0.294. The number of hydrogen-bond acceptors (Lipinski definition) is 3. The van der Waals surface area contributed by atoms with Crippen molar-refractivity contribution < 1.29 is 13.2 Å². The Hall–Kier alpha value is -2.15. The molecule has 1 amide bonds. The van der Waals surface area contributed by atoms with Crippen LogP contribution in [0.25, 0.3) is 0 Å². The van der Waals surface area contributed by atoms with Crippen molar-refractivity contribution in [3.05, 3.63) is 77.3 Å². The van der Waals surface area contributed by atoms with Crippen LogP contribution in [-0.2, 0) is 16.6 Å². The van der Waals surface area contributed by atoms with Gasteiger partial charge in [-0.05, 0) is 42.0 Å². The van der Waals surface area contributed by atoms with Crippen molar-refractivity contribution in [2.24, 2.45) is 0 Å². The Kier molecular flexibility index (Phi) is 6.14. The van der Waals surface area contributed by atoms with Crippen molar-refractivity contribution in [3.63, 3.8) is 0 Å². The van der Waals surface area contributed by atoms with E-state index in [4.69, 9.17) is 11.6 Å². The third kappa shape index (κ3) is 4.92. The summed E-state index contributed by atoms with van der Waals surface area (Å²) >= 11 is 5.89. The van der Waals surface area contributed by atoms with Crippen molar-refractivity contribution in [1.82, 2.24) is 10.0 Å². The number of hydrogen-bond donors (Lipinski definition) is 2. The van der Waals surface area contributed by atoms with Gasteiger partial charge in [0.15, 0.2) is 0 Å². The highest BCUT2D eigenvalue weighted by molar-refractivity contribution is 7.89. The quantitative estimate of drug-likeness (QED) is 0.742. The van der Waals surface area contributed by atoms with Gasteiger partial charge >= 0.3 is 0 Å². The molecule has 2 aromatic rings. The SMILES string of the molecule is C=CCNS(=O)(=O)c1ccc(C(=O)NCc2cccc(Cl)c2)cc1. The summed E-state index contributed by atoms with van der Waals surface area (Å²) in [5.41, 5.74) is 1.25. The van der Waals surface area contributed by atoms with Crippen molar-refractivity contribution >= 4 is 27.5 Å². The lowest BCUT2D eigenvalue weighted by Crippen LogP contribution is -2.24. The van der Waals surface area contributed by atoms with Gasteiger partial charge in [0.05, 0.1) is 4.90 Å². The Morgan fingerprint density at radius 1 is 1.17 bits per heavy atom. The molecule has 126 valence electrons. The highest BCUT2D eigenvalue weighted by Gasteiger charge is 2.13. The van der Waals surface area contributed by atoms with Crippen molar-refractivity contribution in [2.45, 2.75) is 11.4 Å². The van der Waals surface area contributed by atoms with E-state index in [9.17, 15) is 13.2 Å². The molecular weight excluding hydrogens is 348 g/mol. The largest absolute Gasteiger partial charge is 0.348 e. The number of carbonyl (C=O) groups excluding carboxylic acids is 1. The monoisotopic (exact) mass is 364 g/mol. The van der Waals surface area contributed by atoms with Gasteiger partial charge in [-0.15, -0.1) is 6.58 Å². The predicted molar refractivity (Wildman–Crippen MR) is 94.4 cm³/mol. The first-order chi connectivity index (χ1) is 11.4. The minimum absolute atomic E-state index is 0.0933. The smallest absolute Gasteiger partial charge is 0.251 e. The Morgan fingerprint density at radius 2 is 1.88 bits per heavy atom. The molecule has 5 nitrogen and oxygen atoms in total. The molecule has 0 aliphatic heterocycles. The molecular formula is C17H17ClN2O3S. The first-order valence-electron chi connectivity index (χ1n) is 7.15. The maximum absolute atomic E-state index is 12.1. The number of nitrogens with one attached hydrogen (secondary N) is 2. The van der Waals surface area contributed by atoms with Crippen LogP contribution in [0.15, 0.2) is 66.1 Å². The zero-order valence-corrected chi connectivity index (χ0v) is 14.4. The summed E-state index contributed by atoms with van der Waals surface area (Å²) in [5, 5.41) is 3.36. The average molecular weight is 365 g/mol. The molecule has 0 unspecified atom stereocenters. The summed E-state index contributed by atoms with van der Waals surface area (Å²) in [4.78, 5) is 12.2. The Morgan fingerprint density at radius 3 is 2.50 bits per heavy atom. The van der Waals surface area contributed by atoms with E-state index in [1.807, 2.05) is 6.07 Å². The predicted octanol–water partition coefficient (Wildman–Crippen LogP) is 2.73. The van der Waals surface area contributed by atoms with E-state index in [1.165, 1.54) is 30.3 Å². The van der Waals surface area contributed by atoms with Crippen molar-refractivity contribution in [1.29, 1.82) is 0 Å². The molecule has 0 saturated heterocycles. The highest BCUT2D eigenvalue weighted by Crippen LogP contribution is 2.12.